The van der Waals surface area contributed by atoms with Crippen LogP contribution < -0.4 is 11.1 Å². The Morgan fingerprint density at radius 2 is 1.81 bits per heavy atom. The van der Waals surface area contributed by atoms with E-state index in [4.69, 9.17) is 26.2 Å². The normalized spacial score (nSPS) is 18.1. The maximum Gasteiger partial charge on any atom is 0.335 e. The molecule has 1 aromatic carbocycles. The topological polar surface area (TPSA) is 186 Å². The molecule has 3 rings (SSSR count). The third-order valence-corrected chi connectivity index (χ3v) is 4.02. The number of rotatable bonds is 4. The minimum atomic E-state index is -2.27. The van der Waals surface area contributed by atoms with Crippen molar-refractivity contribution in [2.24, 2.45) is 5.73 Å². The second kappa shape index (κ2) is 7.95. The molecule has 10 nitrogen and oxygen atoms in total. The number of nitrogens with two attached hydrogens (primary N) is 1. The number of aliphatic hydroxyl groups is 2. The zero-order valence-electron chi connectivity index (χ0n) is 13.5. The Bertz CT molecular complexity index is 814. The van der Waals surface area contributed by atoms with Crippen molar-refractivity contribution < 1.29 is 34.8 Å². The van der Waals surface area contributed by atoms with Gasteiger partial charge in [0, 0.05) is 41.7 Å². The maximum absolute atomic E-state index is 11.9. The van der Waals surface area contributed by atoms with E-state index >= 15 is 0 Å². The van der Waals surface area contributed by atoms with E-state index in [-0.39, 0.29) is 11.8 Å². The quantitative estimate of drug-likeness (QED) is 0.353. The fourth-order valence-electron chi connectivity index (χ4n) is 2.62. The van der Waals surface area contributed by atoms with Gasteiger partial charge in [0.05, 0.1) is 0 Å². The second-order valence-electron chi connectivity index (χ2n) is 5.68. The van der Waals surface area contributed by atoms with E-state index in [0.717, 1.165) is 22.0 Å². The summed E-state index contributed by atoms with van der Waals surface area (Å²) in [5.74, 6) is -3.35. The molecule has 8 N–H and O–H groups in total. The van der Waals surface area contributed by atoms with Crippen molar-refractivity contribution in [3.8, 4) is 0 Å². The molecular weight excluding hydrogens is 346 g/mol. The van der Waals surface area contributed by atoms with E-state index in [2.05, 4.69) is 10.3 Å². The predicted molar refractivity (Wildman–Crippen MR) is 89.7 cm³/mol. The van der Waals surface area contributed by atoms with Crippen LogP contribution in [0.5, 0.6) is 0 Å². The molecular formula is C16H19N3O7. The van der Waals surface area contributed by atoms with Gasteiger partial charge in [0.25, 0.3) is 5.91 Å². The van der Waals surface area contributed by atoms with Gasteiger partial charge in [0.2, 0.25) is 0 Å². The van der Waals surface area contributed by atoms with Crippen LogP contribution >= 0.6 is 0 Å². The van der Waals surface area contributed by atoms with E-state index in [9.17, 15) is 14.4 Å². The lowest BCUT2D eigenvalue weighted by Gasteiger charge is -2.10. The van der Waals surface area contributed by atoms with Gasteiger partial charge in [-0.2, -0.15) is 0 Å². The molecule has 10 heteroatoms. The van der Waals surface area contributed by atoms with Crippen molar-refractivity contribution in [3.63, 3.8) is 0 Å². The van der Waals surface area contributed by atoms with Gasteiger partial charge in [-0.3, -0.25) is 4.79 Å². The van der Waals surface area contributed by atoms with Gasteiger partial charge >= 0.3 is 11.9 Å². The van der Waals surface area contributed by atoms with Gasteiger partial charge in [0.15, 0.2) is 12.2 Å². The highest BCUT2D eigenvalue weighted by Crippen LogP contribution is 2.30. The van der Waals surface area contributed by atoms with Crippen LogP contribution in [0.1, 0.15) is 21.8 Å². The highest BCUT2D eigenvalue weighted by Gasteiger charge is 2.29. The summed E-state index contributed by atoms with van der Waals surface area (Å²) in [5.41, 5.74) is 8.63. The van der Waals surface area contributed by atoms with Crippen LogP contribution in [0.4, 0.5) is 0 Å². The first kappa shape index (κ1) is 19.4. The lowest BCUT2D eigenvalue weighted by atomic mass is 9.98. The summed E-state index contributed by atoms with van der Waals surface area (Å²) in [6.07, 6.45) is -2.57. The second-order valence-corrected chi connectivity index (χ2v) is 5.68. The molecule has 2 unspecified atom stereocenters. The summed E-state index contributed by atoms with van der Waals surface area (Å²) in [6.45, 7) is 1.15. The first-order chi connectivity index (χ1) is 12.3. The summed E-state index contributed by atoms with van der Waals surface area (Å²) in [4.78, 5) is 34.6. The van der Waals surface area contributed by atoms with E-state index in [1.54, 1.807) is 0 Å². The van der Waals surface area contributed by atoms with Gasteiger partial charge in [-0.05, 0) is 17.7 Å². The Morgan fingerprint density at radius 3 is 2.35 bits per heavy atom. The molecule has 0 radical (unpaired) electrons. The fraction of sp³-hybridized carbons (Fsp3) is 0.312. The smallest absolute Gasteiger partial charge is 0.335 e. The maximum atomic E-state index is 11.9. The van der Waals surface area contributed by atoms with Gasteiger partial charge in [0.1, 0.15) is 0 Å². The number of nitrogens with one attached hydrogen (secondary N) is 2. The summed E-state index contributed by atoms with van der Waals surface area (Å²) >= 11 is 0. The number of carboxylic acid groups (broad SMARTS) is 2. The molecule has 0 saturated carbocycles. The average molecular weight is 365 g/mol. The molecule has 26 heavy (non-hydrogen) atoms. The van der Waals surface area contributed by atoms with E-state index in [1.165, 1.54) is 0 Å². The van der Waals surface area contributed by atoms with Crippen LogP contribution in [0.25, 0.3) is 10.9 Å². The molecule has 3 atom stereocenters. The standard InChI is InChI=1S/C12H13N3O.C4H6O6/c13-4-7-5-15-12(16)8-2-1-3-10-11(8)9(7)6-14-10;5-1(3(7)8)2(6)4(9)10/h1-3,6-7,14H,4-5,13H2,(H,15,16);1-2,5-6H,(H,7,8)(H,9,10)/t7-;/m1./s1. The molecule has 0 saturated heterocycles. The van der Waals surface area contributed by atoms with Crippen molar-refractivity contribution in [1.29, 1.82) is 0 Å². The molecule has 1 aliphatic rings. The Morgan fingerprint density at radius 1 is 1.19 bits per heavy atom. The van der Waals surface area contributed by atoms with Crippen molar-refractivity contribution >= 4 is 28.7 Å². The van der Waals surface area contributed by atoms with Crippen LogP contribution in [-0.2, 0) is 9.59 Å². The van der Waals surface area contributed by atoms with Gasteiger partial charge < -0.3 is 36.5 Å². The zero-order valence-corrected chi connectivity index (χ0v) is 13.5. The van der Waals surface area contributed by atoms with Crippen LogP contribution in [0.3, 0.4) is 0 Å². The Hall–Kier alpha value is -2.95. The first-order valence-corrected chi connectivity index (χ1v) is 7.68. The number of aromatic nitrogens is 1. The Balaban J connectivity index is 0.000000213. The van der Waals surface area contributed by atoms with Crippen molar-refractivity contribution in [1.82, 2.24) is 10.3 Å². The fourth-order valence-corrected chi connectivity index (χ4v) is 2.62. The molecule has 0 fully saturated rings. The van der Waals surface area contributed by atoms with E-state index in [0.29, 0.717) is 13.1 Å². The van der Waals surface area contributed by atoms with Gasteiger partial charge in [-0.15, -0.1) is 0 Å². The molecule has 1 aliphatic heterocycles. The van der Waals surface area contributed by atoms with E-state index < -0.39 is 24.1 Å². The van der Waals surface area contributed by atoms with Crippen LogP contribution in [0.15, 0.2) is 24.4 Å². The molecule has 2 heterocycles. The SMILES string of the molecule is NC[C@@H]1CNC(=O)c2cccc3[nH]cc1c23.O=C(O)C(O)C(O)C(=O)O. The van der Waals surface area contributed by atoms with Crippen LogP contribution in [0, 0.1) is 0 Å². The van der Waals surface area contributed by atoms with Crippen LogP contribution in [0.2, 0.25) is 0 Å². The number of amides is 1. The number of aromatic amines is 1. The number of H-pyrrole nitrogens is 1. The van der Waals surface area contributed by atoms with Gasteiger partial charge in [-0.25, -0.2) is 9.59 Å². The first-order valence-electron chi connectivity index (χ1n) is 7.68. The van der Waals surface area contributed by atoms with Crippen molar-refractivity contribution in [2.45, 2.75) is 18.1 Å². The Kier molecular flexibility index (Phi) is 5.93. The third kappa shape index (κ3) is 3.82. The largest absolute Gasteiger partial charge is 0.479 e. The number of hydrogen-bond acceptors (Lipinski definition) is 6. The summed E-state index contributed by atoms with van der Waals surface area (Å²) in [7, 11) is 0. The number of aliphatic carboxylic acids is 2. The highest BCUT2D eigenvalue weighted by molar-refractivity contribution is 6.08. The summed E-state index contributed by atoms with van der Waals surface area (Å²) < 4.78 is 0. The van der Waals surface area contributed by atoms with Gasteiger partial charge in [-0.1, -0.05) is 6.07 Å². The van der Waals surface area contributed by atoms with Crippen molar-refractivity contribution in [2.75, 3.05) is 13.1 Å². The number of aliphatic hydroxyl groups excluding tert-OH is 2. The molecule has 1 aromatic heterocycles. The lowest BCUT2D eigenvalue weighted by Crippen LogP contribution is -2.39. The molecule has 2 aromatic rings. The van der Waals surface area contributed by atoms with E-state index in [1.807, 2.05) is 24.4 Å². The lowest BCUT2D eigenvalue weighted by molar-refractivity contribution is -0.165. The highest BCUT2D eigenvalue weighted by atomic mass is 16.4. The monoisotopic (exact) mass is 365 g/mol. The molecule has 1 amide bonds. The van der Waals surface area contributed by atoms with Crippen LogP contribution in [-0.4, -0.2) is 68.6 Å². The molecule has 0 bridgehead atoms. The predicted octanol–water partition coefficient (Wildman–Crippen LogP) is -1.17. The number of benzene rings is 1. The molecule has 0 spiro atoms. The molecule has 140 valence electrons. The number of carbonyl (C=O) groups excluding carboxylic acids is 1. The molecule has 0 aliphatic carbocycles. The summed E-state index contributed by atoms with van der Waals surface area (Å²) in [5, 5.41) is 36.5. The minimum absolute atomic E-state index is 0.0117. The average Bonchev–Trinajstić information content (AvgIpc) is 2.99. The third-order valence-electron chi connectivity index (χ3n) is 4.02. The van der Waals surface area contributed by atoms with Crippen molar-refractivity contribution in [3.05, 3.63) is 35.5 Å². The summed E-state index contributed by atoms with van der Waals surface area (Å²) in [6, 6.07) is 5.72. The zero-order chi connectivity index (χ0) is 19.4. The minimum Gasteiger partial charge on any atom is -0.479 e. The number of carboxylic acids is 2. The number of hydrogen-bond donors (Lipinski definition) is 7. The Labute approximate surface area is 147 Å². The number of carbonyl (C=O) groups is 3.